The standard InChI is InChI=1S/C22H25N3O4/c1-22(2,3)29-21(27)25-19(20(26)14-24-23)13-16-9-11-18(12-10-16)28-15-17-7-5-4-6-8-17/h4-12,14,19H,13,15H2,1-3H3,(H,25,27)/t19-/m0/s1. The highest BCUT2D eigenvalue weighted by molar-refractivity contribution is 6.28. The van der Waals surface area contributed by atoms with E-state index in [0.717, 1.165) is 17.3 Å². The molecule has 152 valence electrons. The van der Waals surface area contributed by atoms with Crippen LogP contribution in [-0.4, -0.2) is 34.5 Å². The van der Waals surface area contributed by atoms with Gasteiger partial charge < -0.3 is 20.3 Å². The second-order valence-electron chi connectivity index (χ2n) is 7.47. The molecule has 2 aromatic rings. The van der Waals surface area contributed by atoms with E-state index >= 15 is 0 Å². The molecule has 2 aromatic carbocycles. The molecule has 0 spiro atoms. The maximum atomic E-state index is 12.2. The number of benzene rings is 2. The number of carbonyl (C=O) groups is 2. The third-order valence-electron chi connectivity index (χ3n) is 3.83. The molecule has 7 nitrogen and oxygen atoms in total. The van der Waals surface area contributed by atoms with E-state index < -0.39 is 23.5 Å². The fraction of sp³-hybridized carbons (Fsp3) is 0.318. The van der Waals surface area contributed by atoms with Crippen molar-refractivity contribution < 1.29 is 23.9 Å². The van der Waals surface area contributed by atoms with Gasteiger partial charge in [-0.1, -0.05) is 42.5 Å². The molecule has 0 aliphatic carbocycles. The second kappa shape index (κ2) is 10.2. The summed E-state index contributed by atoms with van der Waals surface area (Å²) < 4.78 is 10.9. The zero-order valence-corrected chi connectivity index (χ0v) is 16.8. The summed E-state index contributed by atoms with van der Waals surface area (Å²) in [7, 11) is 0. The minimum atomic E-state index is -0.920. The summed E-state index contributed by atoms with van der Waals surface area (Å²) in [5.41, 5.74) is 9.82. The van der Waals surface area contributed by atoms with Crippen LogP contribution in [0.1, 0.15) is 31.9 Å². The summed E-state index contributed by atoms with van der Waals surface area (Å²) in [6.07, 6.45) is 0.257. The summed E-state index contributed by atoms with van der Waals surface area (Å²) in [5.74, 6) is 0.153. The Balaban J connectivity index is 2.01. The van der Waals surface area contributed by atoms with Gasteiger partial charge >= 0.3 is 12.3 Å². The molecule has 1 atom stereocenters. The van der Waals surface area contributed by atoms with Crippen LogP contribution < -0.4 is 10.1 Å². The second-order valence-corrected chi connectivity index (χ2v) is 7.47. The Labute approximate surface area is 170 Å². The van der Waals surface area contributed by atoms with E-state index in [9.17, 15) is 9.59 Å². The van der Waals surface area contributed by atoms with Crippen molar-refractivity contribution in [3.8, 4) is 5.75 Å². The van der Waals surface area contributed by atoms with Crippen LogP contribution in [0.5, 0.6) is 5.75 Å². The molecule has 0 radical (unpaired) electrons. The number of rotatable bonds is 8. The van der Waals surface area contributed by atoms with E-state index in [-0.39, 0.29) is 6.42 Å². The van der Waals surface area contributed by atoms with Gasteiger partial charge in [-0.25, -0.2) is 4.79 Å². The first-order chi connectivity index (χ1) is 13.8. The van der Waals surface area contributed by atoms with Crippen molar-refractivity contribution in [3.05, 3.63) is 71.3 Å². The maximum Gasteiger partial charge on any atom is 0.408 e. The fourth-order valence-electron chi connectivity index (χ4n) is 2.52. The minimum Gasteiger partial charge on any atom is -0.489 e. The number of alkyl carbamates (subject to hydrolysis) is 1. The molecule has 0 aromatic heterocycles. The third-order valence-corrected chi connectivity index (χ3v) is 3.83. The molecule has 0 saturated carbocycles. The molecule has 2 rings (SSSR count). The highest BCUT2D eigenvalue weighted by atomic mass is 16.6. The number of nitrogens with one attached hydrogen (secondary N) is 1. The van der Waals surface area contributed by atoms with Crippen LogP contribution >= 0.6 is 0 Å². The number of ketones is 1. The number of hydrogen-bond acceptors (Lipinski definition) is 4. The van der Waals surface area contributed by atoms with Crippen molar-refractivity contribution in [2.45, 2.75) is 45.4 Å². The zero-order valence-electron chi connectivity index (χ0n) is 16.8. The molecule has 1 N–H and O–H groups in total. The van der Waals surface area contributed by atoms with Crippen LogP contribution in [0.15, 0.2) is 54.6 Å². The van der Waals surface area contributed by atoms with Gasteiger partial charge in [-0.3, -0.25) is 4.79 Å². The lowest BCUT2D eigenvalue weighted by atomic mass is 10.0. The molecule has 29 heavy (non-hydrogen) atoms. The van der Waals surface area contributed by atoms with Gasteiger partial charge in [-0.05, 0) is 44.0 Å². The third kappa shape index (κ3) is 7.99. The lowest BCUT2D eigenvalue weighted by Gasteiger charge is -2.22. The molecule has 7 heteroatoms. The van der Waals surface area contributed by atoms with Gasteiger partial charge in [-0.2, -0.15) is 4.79 Å². The van der Waals surface area contributed by atoms with E-state index in [1.807, 2.05) is 42.5 Å². The van der Waals surface area contributed by atoms with Gasteiger partial charge in [0.2, 0.25) is 0 Å². The molecule has 0 bridgehead atoms. The monoisotopic (exact) mass is 395 g/mol. The summed E-state index contributed by atoms with van der Waals surface area (Å²) in [6, 6.07) is 16.1. The lowest BCUT2D eigenvalue weighted by molar-refractivity contribution is -0.118. The van der Waals surface area contributed by atoms with E-state index in [2.05, 4.69) is 10.1 Å². The predicted molar refractivity (Wildman–Crippen MR) is 109 cm³/mol. The Hall–Kier alpha value is -3.44. The van der Waals surface area contributed by atoms with E-state index in [0.29, 0.717) is 12.4 Å². The highest BCUT2D eigenvalue weighted by Gasteiger charge is 2.25. The average Bonchev–Trinajstić information content (AvgIpc) is 2.66. The van der Waals surface area contributed by atoms with Gasteiger partial charge in [0.1, 0.15) is 24.0 Å². The molecule has 0 heterocycles. The van der Waals surface area contributed by atoms with Crippen molar-refractivity contribution in [2.24, 2.45) is 0 Å². The van der Waals surface area contributed by atoms with Crippen LogP contribution in [0, 0.1) is 0 Å². The Bertz CT molecular complexity index is 867. The minimum absolute atomic E-state index is 0.211. The van der Waals surface area contributed by atoms with Crippen molar-refractivity contribution >= 4 is 18.1 Å². The largest absolute Gasteiger partial charge is 0.489 e. The van der Waals surface area contributed by atoms with Crippen molar-refractivity contribution in [3.63, 3.8) is 0 Å². The van der Waals surface area contributed by atoms with Crippen LogP contribution in [0.4, 0.5) is 4.79 Å². The highest BCUT2D eigenvalue weighted by Crippen LogP contribution is 2.16. The van der Waals surface area contributed by atoms with Crippen molar-refractivity contribution in [1.29, 1.82) is 0 Å². The number of ether oxygens (including phenoxy) is 2. The van der Waals surface area contributed by atoms with Gasteiger partial charge in [-0.15, -0.1) is 0 Å². The zero-order chi connectivity index (χ0) is 21.3. The topological polar surface area (TPSA) is 101 Å². The average molecular weight is 395 g/mol. The summed E-state index contributed by atoms with van der Waals surface area (Å²) in [4.78, 5) is 27.0. The van der Waals surface area contributed by atoms with Crippen molar-refractivity contribution in [1.82, 2.24) is 5.32 Å². The van der Waals surface area contributed by atoms with Crippen LogP contribution in [-0.2, 0) is 22.6 Å². The first-order valence-electron chi connectivity index (χ1n) is 9.23. The number of carbonyl (C=O) groups excluding carboxylic acids is 2. The normalized spacial score (nSPS) is 11.7. The fourth-order valence-corrected chi connectivity index (χ4v) is 2.52. The first kappa shape index (κ1) is 21.9. The quantitative estimate of drug-likeness (QED) is 0.419. The molecule has 0 fully saturated rings. The Morgan fingerprint density at radius 2 is 1.72 bits per heavy atom. The number of amides is 1. The van der Waals surface area contributed by atoms with Crippen molar-refractivity contribution in [2.75, 3.05) is 0 Å². The Morgan fingerprint density at radius 3 is 2.31 bits per heavy atom. The molecule has 0 saturated heterocycles. The maximum absolute atomic E-state index is 12.2. The van der Waals surface area contributed by atoms with Crippen LogP contribution in [0.3, 0.4) is 0 Å². The molecule has 1 amide bonds. The number of nitrogens with zero attached hydrogens (tertiary/aromatic N) is 2. The Kier molecular flexibility index (Phi) is 7.69. The first-order valence-corrected chi connectivity index (χ1v) is 9.23. The molecule has 0 aliphatic heterocycles. The summed E-state index contributed by atoms with van der Waals surface area (Å²) in [5, 5.41) is 2.52. The number of Topliss-reactive ketones (excluding diaryl/α,β-unsaturated/α-hetero) is 1. The molecular formula is C22H25N3O4. The van der Waals surface area contributed by atoms with Gasteiger partial charge in [0, 0.05) is 6.42 Å². The summed E-state index contributed by atoms with van der Waals surface area (Å²) >= 11 is 0. The van der Waals surface area contributed by atoms with Gasteiger partial charge in [0.25, 0.3) is 5.78 Å². The smallest absolute Gasteiger partial charge is 0.408 e. The van der Waals surface area contributed by atoms with Gasteiger partial charge in [0.15, 0.2) is 0 Å². The molecule has 0 unspecified atom stereocenters. The summed E-state index contributed by atoms with van der Waals surface area (Å²) in [6.45, 7) is 5.64. The van der Waals surface area contributed by atoms with E-state index in [1.54, 1.807) is 32.9 Å². The van der Waals surface area contributed by atoms with Crippen LogP contribution in [0.25, 0.3) is 5.53 Å². The SMILES string of the molecule is CC(C)(C)OC(=O)N[C@@H](Cc1ccc(OCc2ccccc2)cc1)C(=O)C=[N+]=[N-]. The molecular weight excluding hydrogens is 370 g/mol. The Morgan fingerprint density at radius 1 is 1.07 bits per heavy atom. The van der Waals surface area contributed by atoms with E-state index in [4.69, 9.17) is 15.0 Å². The predicted octanol–water partition coefficient (Wildman–Crippen LogP) is 3.57. The lowest BCUT2D eigenvalue weighted by Crippen LogP contribution is -2.45. The van der Waals surface area contributed by atoms with Crippen LogP contribution in [0.2, 0.25) is 0 Å². The number of hydrogen-bond donors (Lipinski definition) is 1. The van der Waals surface area contributed by atoms with Gasteiger partial charge in [0.05, 0.1) is 0 Å². The molecule has 0 aliphatic rings. The van der Waals surface area contributed by atoms with E-state index in [1.165, 1.54) is 0 Å².